The van der Waals surface area contributed by atoms with Crippen molar-refractivity contribution < 1.29 is 4.74 Å². The van der Waals surface area contributed by atoms with Gasteiger partial charge in [-0.3, -0.25) is 4.98 Å². The number of nitrogens with one attached hydrogen (secondary N) is 1. The number of hydrogen-bond donors (Lipinski definition) is 1. The van der Waals surface area contributed by atoms with E-state index in [0.29, 0.717) is 6.61 Å². The van der Waals surface area contributed by atoms with Crippen LogP contribution in [0.1, 0.15) is 36.8 Å². The minimum Gasteiger partial charge on any atom is -0.487 e. The third-order valence-corrected chi connectivity index (χ3v) is 3.70. The quantitative estimate of drug-likeness (QED) is 0.906. The van der Waals surface area contributed by atoms with Gasteiger partial charge in [0.1, 0.15) is 12.4 Å². The molecular formula is C16H22N2OS. The van der Waals surface area contributed by atoms with Crippen molar-refractivity contribution in [1.29, 1.82) is 0 Å². The maximum atomic E-state index is 6.01. The molecule has 0 aliphatic rings. The first-order valence-corrected chi connectivity index (χ1v) is 7.67. The highest BCUT2D eigenvalue weighted by molar-refractivity contribution is 7.09. The zero-order chi connectivity index (χ0) is 14.6. The second kappa shape index (κ2) is 6.37. The average Bonchev–Trinajstić information content (AvgIpc) is 2.87. The zero-order valence-corrected chi connectivity index (χ0v) is 13.4. The molecule has 0 atom stereocenters. The van der Waals surface area contributed by atoms with Crippen molar-refractivity contribution >= 4 is 11.3 Å². The highest BCUT2D eigenvalue weighted by Gasteiger charge is 2.12. The van der Waals surface area contributed by atoms with E-state index < -0.39 is 0 Å². The second-order valence-corrected chi connectivity index (χ2v) is 6.89. The Bertz CT molecular complexity index is 544. The fourth-order valence-electron chi connectivity index (χ4n) is 1.88. The van der Waals surface area contributed by atoms with E-state index in [-0.39, 0.29) is 5.54 Å². The Morgan fingerprint density at radius 1 is 1.30 bits per heavy atom. The van der Waals surface area contributed by atoms with Crippen LogP contribution in [0.2, 0.25) is 0 Å². The lowest BCUT2D eigenvalue weighted by Crippen LogP contribution is -2.35. The monoisotopic (exact) mass is 290 g/mol. The molecule has 0 radical (unpaired) electrons. The van der Waals surface area contributed by atoms with Crippen LogP contribution in [0, 0.1) is 6.92 Å². The molecule has 0 fully saturated rings. The summed E-state index contributed by atoms with van der Waals surface area (Å²) in [6, 6.07) is 6.28. The van der Waals surface area contributed by atoms with Gasteiger partial charge in [-0.1, -0.05) is 18.2 Å². The van der Waals surface area contributed by atoms with Gasteiger partial charge in [0, 0.05) is 23.8 Å². The summed E-state index contributed by atoms with van der Waals surface area (Å²) in [7, 11) is 0. The number of aryl methyl sites for hydroxylation is 1. The Hall–Kier alpha value is -1.39. The van der Waals surface area contributed by atoms with Gasteiger partial charge in [-0.25, -0.2) is 0 Å². The molecule has 0 saturated carbocycles. The van der Waals surface area contributed by atoms with Crippen LogP contribution in [0.4, 0.5) is 0 Å². The van der Waals surface area contributed by atoms with Gasteiger partial charge in [0.2, 0.25) is 0 Å². The largest absolute Gasteiger partial charge is 0.487 e. The van der Waals surface area contributed by atoms with E-state index in [1.165, 1.54) is 11.1 Å². The average molecular weight is 290 g/mol. The number of para-hydroxylation sites is 1. The van der Waals surface area contributed by atoms with E-state index >= 15 is 0 Å². The third kappa shape index (κ3) is 4.32. The lowest BCUT2D eigenvalue weighted by Gasteiger charge is -2.22. The van der Waals surface area contributed by atoms with E-state index in [1.807, 2.05) is 11.7 Å². The molecular weight excluding hydrogens is 268 g/mol. The summed E-state index contributed by atoms with van der Waals surface area (Å²) in [5, 5.41) is 3.51. The van der Waals surface area contributed by atoms with Crippen LogP contribution in [-0.2, 0) is 13.2 Å². The number of ether oxygens (including phenoxy) is 1. The summed E-state index contributed by atoms with van der Waals surface area (Å²) >= 11 is 1.62. The first kappa shape index (κ1) is 15.0. The fourth-order valence-corrected chi connectivity index (χ4v) is 2.38. The van der Waals surface area contributed by atoms with Gasteiger partial charge in [-0.15, -0.1) is 11.3 Å². The molecule has 108 valence electrons. The maximum Gasteiger partial charge on any atom is 0.127 e. The minimum absolute atomic E-state index is 0.0959. The van der Waals surface area contributed by atoms with Gasteiger partial charge < -0.3 is 10.1 Å². The van der Waals surface area contributed by atoms with Gasteiger partial charge >= 0.3 is 0 Å². The van der Waals surface area contributed by atoms with Crippen LogP contribution in [0.5, 0.6) is 5.75 Å². The molecule has 0 aliphatic carbocycles. The van der Waals surface area contributed by atoms with Gasteiger partial charge in [-0.2, -0.15) is 0 Å². The highest BCUT2D eigenvalue weighted by atomic mass is 32.1. The van der Waals surface area contributed by atoms with E-state index in [1.54, 1.807) is 11.3 Å². The van der Waals surface area contributed by atoms with Crippen molar-refractivity contribution in [2.45, 2.75) is 46.4 Å². The molecule has 0 aliphatic heterocycles. The molecule has 0 spiro atoms. The Balaban J connectivity index is 2.09. The van der Waals surface area contributed by atoms with Crippen molar-refractivity contribution in [3.8, 4) is 5.75 Å². The molecule has 3 nitrogen and oxygen atoms in total. The van der Waals surface area contributed by atoms with Crippen LogP contribution < -0.4 is 10.1 Å². The van der Waals surface area contributed by atoms with E-state index in [9.17, 15) is 0 Å². The van der Waals surface area contributed by atoms with E-state index in [4.69, 9.17) is 4.74 Å². The predicted molar refractivity (Wildman–Crippen MR) is 84.2 cm³/mol. The number of benzene rings is 1. The molecule has 0 amide bonds. The van der Waals surface area contributed by atoms with Crippen LogP contribution in [0.3, 0.4) is 0 Å². The molecule has 2 aromatic rings. The van der Waals surface area contributed by atoms with Gasteiger partial charge in [-0.05, 0) is 33.3 Å². The van der Waals surface area contributed by atoms with Crippen molar-refractivity contribution in [2.75, 3.05) is 0 Å². The number of thiazole rings is 1. The Kier molecular flexibility index (Phi) is 4.78. The molecule has 2 rings (SSSR count). The maximum absolute atomic E-state index is 6.01. The smallest absolute Gasteiger partial charge is 0.127 e. The Morgan fingerprint density at radius 3 is 2.75 bits per heavy atom. The summed E-state index contributed by atoms with van der Waals surface area (Å²) in [4.78, 5) is 5.22. The lowest BCUT2D eigenvalue weighted by molar-refractivity contribution is 0.301. The van der Waals surface area contributed by atoms with Crippen LogP contribution in [0.25, 0.3) is 0 Å². The molecule has 1 aromatic heterocycles. The highest BCUT2D eigenvalue weighted by Crippen LogP contribution is 2.25. The number of aromatic nitrogens is 1. The normalized spacial score (nSPS) is 11.6. The van der Waals surface area contributed by atoms with Crippen LogP contribution >= 0.6 is 11.3 Å². The molecule has 1 heterocycles. The van der Waals surface area contributed by atoms with Crippen molar-refractivity contribution in [3.63, 3.8) is 0 Å². The second-order valence-electron chi connectivity index (χ2n) is 5.92. The van der Waals surface area contributed by atoms with Crippen molar-refractivity contribution in [1.82, 2.24) is 10.3 Å². The summed E-state index contributed by atoms with van der Waals surface area (Å²) in [5.41, 5.74) is 4.30. The number of nitrogens with zero attached hydrogens (tertiary/aromatic N) is 1. The lowest BCUT2D eigenvalue weighted by atomic mass is 10.1. The third-order valence-electron chi connectivity index (χ3n) is 2.94. The number of rotatable bonds is 5. The summed E-state index contributed by atoms with van der Waals surface area (Å²) in [6.07, 6.45) is 1.86. The standard InChI is InChI=1S/C16H22N2OS/c1-12-6-5-7-13(8-18-16(2,3)4)15(12)19-10-14-9-17-11-20-14/h5-7,9,11,18H,8,10H2,1-4H3. The summed E-state index contributed by atoms with van der Waals surface area (Å²) < 4.78 is 6.01. The van der Waals surface area contributed by atoms with E-state index in [2.05, 4.69) is 56.2 Å². The zero-order valence-electron chi connectivity index (χ0n) is 12.6. The van der Waals surface area contributed by atoms with E-state index in [0.717, 1.165) is 17.2 Å². The van der Waals surface area contributed by atoms with Gasteiger partial charge in [0.15, 0.2) is 0 Å². The Labute approximate surface area is 125 Å². The first-order chi connectivity index (χ1) is 9.46. The van der Waals surface area contributed by atoms with Crippen LogP contribution in [0.15, 0.2) is 29.9 Å². The Morgan fingerprint density at radius 2 is 2.10 bits per heavy atom. The predicted octanol–water partition coefficient (Wildman–Crippen LogP) is 3.92. The summed E-state index contributed by atoms with van der Waals surface area (Å²) in [5.74, 6) is 0.984. The molecule has 1 N–H and O–H groups in total. The molecule has 0 bridgehead atoms. The topological polar surface area (TPSA) is 34.1 Å². The first-order valence-electron chi connectivity index (χ1n) is 6.79. The number of hydrogen-bond acceptors (Lipinski definition) is 4. The molecule has 4 heteroatoms. The molecule has 20 heavy (non-hydrogen) atoms. The molecule has 0 saturated heterocycles. The summed E-state index contributed by atoms with van der Waals surface area (Å²) in [6.45, 7) is 9.98. The van der Waals surface area contributed by atoms with Crippen molar-refractivity contribution in [2.24, 2.45) is 0 Å². The minimum atomic E-state index is 0.0959. The van der Waals surface area contributed by atoms with Gasteiger partial charge in [0.05, 0.1) is 10.4 Å². The molecule has 1 aromatic carbocycles. The van der Waals surface area contributed by atoms with Gasteiger partial charge in [0.25, 0.3) is 0 Å². The van der Waals surface area contributed by atoms with Crippen LogP contribution in [-0.4, -0.2) is 10.5 Å². The fraction of sp³-hybridized carbons (Fsp3) is 0.438. The van der Waals surface area contributed by atoms with Crippen molar-refractivity contribution in [3.05, 3.63) is 45.9 Å². The molecule has 0 unspecified atom stereocenters. The SMILES string of the molecule is Cc1cccc(CNC(C)(C)C)c1OCc1cncs1.